The van der Waals surface area contributed by atoms with Crippen LogP contribution < -0.4 is 16.0 Å². The van der Waals surface area contributed by atoms with Gasteiger partial charge >= 0.3 is 6.09 Å². The molecule has 4 aromatic heterocycles. The van der Waals surface area contributed by atoms with Crippen LogP contribution in [0.1, 0.15) is 54.2 Å². The number of fused-ring (bicyclic) bond motifs is 1. The zero-order valence-corrected chi connectivity index (χ0v) is 29.8. The molecule has 0 aliphatic carbocycles. The number of para-hydroxylation sites is 1. The number of carbonyl (C=O) groups is 1. The first-order valence-corrected chi connectivity index (χ1v) is 17.2. The fourth-order valence-corrected chi connectivity index (χ4v) is 5.74. The summed E-state index contributed by atoms with van der Waals surface area (Å²) in [5.74, 6) is 0.447. The molecule has 0 spiro atoms. The lowest BCUT2D eigenvalue weighted by molar-refractivity contribution is 0.0636. The number of hydrogen-bond donors (Lipinski definition) is 3. The van der Waals surface area contributed by atoms with Crippen LogP contribution in [0.2, 0.25) is 0 Å². The topological polar surface area (TPSA) is 187 Å². The molecule has 1 atom stereocenters. The minimum absolute atomic E-state index is 0.298. The molecule has 0 bridgehead atoms. The molecule has 0 saturated heterocycles. The highest BCUT2D eigenvalue weighted by molar-refractivity contribution is 7.18. The maximum atomic E-state index is 11.9. The number of pyridine rings is 1. The molecule has 14 heteroatoms. The standard InChI is InChI=1S/C26H26N6O2S.C12H11N5/c1-26(2,3)34-25(33)30-18-10-8-17(9-11-18)12-14-28-24-29-15-13-20(32-24)19(16-27)23-31-21-6-4-5-7-22(21)35-23;13-5-1-11-4-8-15-12(17-11)16-9-10-2-6-14-7-3-10/h4-11,13,15,19H,12,14H2,1-3H3,(H,30,33)(H,28,29,32);2-4,6-8H,1,9H2,(H,15,16,17). The van der Waals surface area contributed by atoms with Crippen LogP contribution in [0.15, 0.2) is 97.6 Å². The van der Waals surface area contributed by atoms with E-state index in [1.807, 2.05) is 81.4 Å². The fourth-order valence-electron chi connectivity index (χ4n) is 4.72. The summed E-state index contributed by atoms with van der Waals surface area (Å²) in [6.07, 6.45) is 7.33. The average Bonchev–Trinajstić information content (AvgIpc) is 3.56. The van der Waals surface area contributed by atoms with E-state index in [2.05, 4.69) is 58.0 Å². The number of ether oxygens (including phenoxy) is 1. The molecular weight excluding hydrogens is 675 g/mol. The van der Waals surface area contributed by atoms with Gasteiger partial charge in [-0.05, 0) is 86.8 Å². The Morgan fingerprint density at radius 3 is 2.29 bits per heavy atom. The maximum Gasteiger partial charge on any atom is 0.412 e. The van der Waals surface area contributed by atoms with Gasteiger partial charge in [0.2, 0.25) is 11.9 Å². The highest BCUT2D eigenvalue weighted by Crippen LogP contribution is 2.30. The monoisotopic (exact) mass is 711 g/mol. The van der Waals surface area contributed by atoms with Gasteiger partial charge in [0.1, 0.15) is 16.5 Å². The Kier molecular flexibility index (Phi) is 12.7. The number of hydrogen-bond acceptors (Lipinski definition) is 13. The van der Waals surface area contributed by atoms with Crippen molar-refractivity contribution in [3.05, 3.63) is 125 Å². The molecule has 0 fully saturated rings. The number of thiazole rings is 1. The first-order valence-electron chi connectivity index (χ1n) is 16.4. The quantitative estimate of drug-likeness (QED) is 0.122. The van der Waals surface area contributed by atoms with Gasteiger partial charge in [-0.2, -0.15) is 10.5 Å². The molecule has 6 aromatic rings. The Bertz CT molecular complexity index is 2120. The minimum Gasteiger partial charge on any atom is -0.444 e. The zero-order valence-electron chi connectivity index (χ0n) is 28.9. The number of amides is 1. The Balaban J connectivity index is 0.000000257. The number of nitrogens with zero attached hydrogens (tertiary/aromatic N) is 8. The van der Waals surface area contributed by atoms with E-state index in [9.17, 15) is 10.1 Å². The van der Waals surface area contributed by atoms with Crippen LogP contribution in [0.3, 0.4) is 0 Å². The number of nitrogens with one attached hydrogen (secondary N) is 3. The number of nitriles is 2. The van der Waals surface area contributed by atoms with Gasteiger partial charge in [0.25, 0.3) is 0 Å². The molecule has 52 heavy (non-hydrogen) atoms. The van der Waals surface area contributed by atoms with Crippen LogP contribution in [0.5, 0.6) is 0 Å². The molecule has 6 rings (SSSR count). The second kappa shape index (κ2) is 17.9. The summed E-state index contributed by atoms with van der Waals surface area (Å²) in [6, 6.07) is 27.1. The van der Waals surface area contributed by atoms with Gasteiger partial charge < -0.3 is 15.4 Å². The normalized spacial score (nSPS) is 11.2. The number of rotatable bonds is 11. The van der Waals surface area contributed by atoms with Crippen LogP contribution in [0.4, 0.5) is 22.4 Å². The van der Waals surface area contributed by atoms with Crippen molar-refractivity contribution in [1.82, 2.24) is 29.9 Å². The van der Waals surface area contributed by atoms with E-state index in [1.165, 1.54) is 11.3 Å². The lowest BCUT2D eigenvalue weighted by Gasteiger charge is -2.19. The minimum atomic E-state index is -0.555. The van der Waals surface area contributed by atoms with E-state index in [4.69, 9.17) is 10.00 Å². The Labute approximate surface area is 305 Å². The molecule has 0 radical (unpaired) electrons. The smallest absolute Gasteiger partial charge is 0.412 e. The summed E-state index contributed by atoms with van der Waals surface area (Å²) in [7, 11) is 0. The lowest BCUT2D eigenvalue weighted by atomic mass is 10.1. The maximum absolute atomic E-state index is 11.9. The Hall–Kier alpha value is -6.51. The first-order chi connectivity index (χ1) is 25.2. The zero-order chi connectivity index (χ0) is 36.8. The molecule has 262 valence electrons. The molecule has 4 heterocycles. The molecule has 13 nitrogen and oxygen atoms in total. The predicted molar refractivity (Wildman–Crippen MR) is 201 cm³/mol. The van der Waals surface area contributed by atoms with Gasteiger partial charge in [-0.3, -0.25) is 10.3 Å². The van der Waals surface area contributed by atoms with Crippen molar-refractivity contribution in [2.24, 2.45) is 0 Å². The van der Waals surface area contributed by atoms with Crippen molar-refractivity contribution in [2.45, 2.75) is 51.7 Å². The van der Waals surface area contributed by atoms with Gasteiger partial charge in [0.05, 0.1) is 40.2 Å². The summed E-state index contributed by atoms with van der Waals surface area (Å²) in [6.45, 7) is 6.72. The van der Waals surface area contributed by atoms with Gasteiger partial charge in [-0.15, -0.1) is 11.3 Å². The third-order valence-corrected chi connectivity index (χ3v) is 8.23. The molecule has 0 aliphatic heterocycles. The molecule has 1 unspecified atom stereocenters. The van der Waals surface area contributed by atoms with Crippen molar-refractivity contribution in [3.8, 4) is 12.1 Å². The highest BCUT2D eigenvalue weighted by atomic mass is 32.1. The fraction of sp³-hybridized carbons (Fsp3) is 0.237. The van der Waals surface area contributed by atoms with Gasteiger partial charge in [-0.25, -0.2) is 29.7 Å². The third-order valence-electron chi connectivity index (χ3n) is 7.13. The molecule has 0 aliphatic rings. The molecule has 0 saturated carbocycles. The predicted octanol–water partition coefficient (Wildman–Crippen LogP) is 7.29. The molecule has 3 N–H and O–H groups in total. The number of aromatic nitrogens is 6. The molecular formula is C38H37N11O2S. The number of benzene rings is 2. The van der Waals surface area contributed by atoms with Crippen molar-refractivity contribution in [3.63, 3.8) is 0 Å². The van der Waals surface area contributed by atoms with E-state index >= 15 is 0 Å². The van der Waals surface area contributed by atoms with Crippen molar-refractivity contribution >= 4 is 45.2 Å². The number of carbonyl (C=O) groups excluding carboxylic acids is 1. The van der Waals surface area contributed by atoms with E-state index in [0.717, 1.165) is 38.5 Å². The second-order valence-electron chi connectivity index (χ2n) is 12.3. The number of anilines is 3. The van der Waals surface area contributed by atoms with Crippen molar-refractivity contribution in [2.75, 3.05) is 22.5 Å². The average molecular weight is 712 g/mol. The van der Waals surface area contributed by atoms with Gasteiger partial charge in [-0.1, -0.05) is 24.3 Å². The van der Waals surface area contributed by atoms with E-state index < -0.39 is 17.6 Å². The van der Waals surface area contributed by atoms with Crippen LogP contribution in [-0.4, -0.2) is 48.1 Å². The van der Waals surface area contributed by atoms with Crippen LogP contribution in [0.25, 0.3) is 10.2 Å². The molecule has 1 amide bonds. The second-order valence-corrected chi connectivity index (χ2v) is 13.4. The summed E-state index contributed by atoms with van der Waals surface area (Å²) in [5.41, 5.74) is 4.54. The SMILES string of the molecule is CC(C)(C)OC(=O)Nc1ccc(CCNc2nccc(C(C#N)c3nc4ccccc4s3)n2)cc1.N#CCc1ccnc(NCc2ccncc2)n1. The highest BCUT2D eigenvalue weighted by Gasteiger charge is 2.20. The van der Waals surface area contributed by atoms with Gasteiger partial charge in [0, 0.05) is 43.6 Å². The lowest BCUT2D eigenvalue weighted by Crippen LogP contribution is -2.27. The van der Waals surface area contributed by atoms with Crippen LogP contribution in [-0.2, 0) is 24.1 Å². The van der Waals surface area contributed by atoms with Crippen LogP contribution >= 0.6 is 11.3 Å². The Morgan fingerprint density at radius 1 is 0.846 bits per heavy atom. The van der Waals surface area contributed by atoms with Gasteiger partial charge in [0.15, 0.2) is 0 Å². The Morgan fingerprint density at radius 2 is 1.58 bits per heavy atom. The summed E-state index contributed by atoms with van der Waals surface area (Å²) in [4.78, 5) is 37.6. The molecule has 2 aromatic carbocycles. The van der Waals surface area contributed by atoms with Crippen molar-refractivity contribution < 1.29 is 9.53 Å². The van der Waals surface area contributed by atoms with Crippen molar-refractivity contribution in [1.29, 1.82) is 10.5 Å². The third kappa shape index (κ3) is 11.3. The summed E-state index contributed by atoms with van der Waals surface area (Å²) < 4.78 is 6.31. The summed E-state index contributed by atoms with van der Waals surface area (Å²) in [5, 5.41) is 28.2. The first kappa shape index (κ1) is 36.8. The van der Waals surface area contributed by atoms with Crippen LogP contribution in [0, 0.1) is 22.7 Å². The largest absolute Gasteiger partial charge is 0.444 e. The van der Waals surface area contributed by atoms with E-state index in [-0.39, 0.29) is 0 Å². The van der Waals surface area contributed by atoms with E-state index in [1.54, 1.807) is 36.9 Å². The summed E-state index contributed by atoms with van der Waals surface area (Å²) >= 11 is 1.50. The van der Waals surface area contributed by atoms with E-state index in [0.29, 0.717) is 42.8 Å².